The summed E-state index contributed by atoms with van der Waals surface area (Å²) >= 11 is 0. The van der Waals surface area contributed by atoms with Crippen LogP contribution in [0.2, 0.25) is 0 Å². The minimum atomic E-state index is -0.344. The van der Waals surface area contributed by atoms with Crippen molar-refractivity contribution >= 4 is 5.69 Å². The molecule has 0 saturated heterocycles. The van der Waals surface area contributed by atoms with Crippen molar-refractivity contribution < 1.29 is 0 Å². The van der Waals surface area contributed by atoms with Gasteiger partial charge in [-0.15, -0.1) is 5.11 Å². The molecular weight excluding hydrogens is 158 g/mol. The molecule has 0 saturated carbocycles. The number of aryl methyl sites for hydroxylation is 1. The van der Waals surface area contributed by atoms with Crippen molar-refractivity contribution in [3.8, 4) is 0 Å². The van der Waals surface area contributed by atoms with Crippen molar-refractivity contribution in [2.45, 2.75) is 6.92 Å². The maximum atomic E-state index is 11.0. The van der Waals surface area contributed by atoms with Crippen LogP contribution < -0.4 is 17.2 Å². The van der Waals surface area contributed by atoms with Crippen LogP contribution in [0.15, 0.2) is 27.4 Å². The van der Waals surface area contributed by atoms with Crippen LogP contribution in [0.25, 0.3) is 0 Å². The molecule has 0 spiro atoms. The number of aromatic nitrogens is 1. The molecule has 0 aliphatic carbocycles. The molecule has 0 aromatic carbocycles. The van der Waals surface area contributed by atoms with Gasteiger partial charge in [-0.25, -0.2) is 4.68 Å². The third-order valence-corrected chi connectivity index (χ3v) is 1.42. The van der Waals surface area contributed by atoms with Gasteiger partial charge in [0.25, 0.3) is 5.56 Å². The number of rotatable bonds is 1. The molecule has 0 aliphatic heterocycles. The monoisotopic (exact) mass is 167 g/mol. The summed E-state index contributed by atoms with van der Waals surface area (Å²) in [5.74, 6) is 10.1. The smallest absolute Gasteiger partial charge is 0.270 e. The summed E-state index contributed by atoms with van der Waals surface area (Å²) < 4.78 is 0.977. The second-order valence-corrected chi connectivity index (χ2v) is 2.30. The van der Waals surface area contributed by atoms with E-state index in [1.165, 1.54) is 12.3 Å². The topological polar surface area (TPSA) is 98.8 Å². The first-order valence-electron chi connectivity index (χ1n) is 3.24. The number of hydrogen-bond acceptors (Lipinski definition) is 4. The lowest BCUT2D eigenvalue weighted by molar-refractivity contribution is 0.918. The first-order valence-corrected chi connectivity index (χ1v) is 3.24. The van der Waals surface area contributed by atoms with Gasteiger partial charge in [-0.2, -0.15) is 0 Å². The molecule has 0 radical (unpaired) electrons. The number of nitrogens with two attached hydrogens (primary N) is 2. The lowest BCUT2D eigenvalue weighted by Gasteiger charge is -2.00. The Kier molecular flexibility index (Phi) is 2.09. The summed E-state index contributed by atoms with van der Waals surface area (Å²) in [6, 6.07) is 1.27. The van der Waals surface area contributed by atoms with Gasteiger partial charge in [0.05, 0.1) is 5.69 Å². The lowest BCUT2D eigenvalue weighted by atomic mass is 10.3. The lowest BCUT2D eigenvalue weighted by Crippen LogP contribution is -2.25. The summed E-state index contributed by atoms with van der Waals surface area (Å²) in [6.07, 6.45) is 1.46. The van der Waals surface area contributed by atoms with Crippen molar-refractivity contribution in [2.75, 3.05) is 5.84 Å². The molecular formula is C6H9N5O. The van der Waals surface area contributed by atoms with E-state index in [2.05, 4.69) is 10.3 Å². The number of nitrogen functional groups attached to an aromatic ring is 1. The van der Waals surface area contributed by atoms with Crippen molar-refractivity contribution in [3.63, 3.8) is 0 Å². The van der Waals surface area contributed by atoms with Gasteiger partial charge in [0.15, 0.2) is 0 Å². The van der Waals surface area contributed by atoms with Crippen molar-refractivity contribution in [1.29, 1.82) is 0 Å². The van der Waals surface area contributed by atoms with Gasteiger partial charge >= 0.3 is 0 Å². The van der Waals surface area contributed by atoms with Crippen LogP contribution in [-0.4, -0.2) is 4.68 Å². The zero-order valence-electron chi connectivity index (χ0n) is 6.56. The normalized spacial score (nSPS) is 10.8. The maximum Gasteiger partial charge on any atom is 0.270 e. The average Bonchev–Trinajstić information content (AvgIpc) is 2.01. The molecule has 0 bridgehead atoms. The molecule has 6 heteroatoms. The average molecular weight is 167 g/mol. The molecule has 0 atom stereocenters. The Morgan fingerprint density at radius 3 is 2.83 bits per heavy atom. The molecule has 6 nitrogen and oxygen atoms in total. The second-order valence-electron chi connectivity index (χ2n) is 2.30. The first-order chi connectivity index (χ1) is 5.65. The summed E-state index contributed by atoms with van der Waals surface area (Å²) in [5, 5.41) is 6.62. The SMILES string of the molecule is Cc1cn(N)c(=O)cc1N=NN. The van der Waals surface area contributed by atoms with Crippen molar-refractivity contribution in [3.05, 3.63) is 28.2 Å². The Morgan fingerprint density at radius 1 is 1.58 bits per heavy atom. The molecule has 1 aromatic heterocycles. The molecule has 1 aromatic rings. The highest BCUT2D eigenvalue weighted by Gasteiger charge is 1.99. The second kappa shape index (κ2) is 3.04. The van der Waals surface area contributed by atoms with Gasteiger partial charge in [-0.05, 0) is 12.5 Å². The fourth-order valence-corrected chi connectivity index (χ4v) is 0.814. The highest BCUT2D eigenvalue weighted by Crippen LogP contribution is 2.13. The van der Waals surface area contributed by atoms with E-state index in [-0.39, 0.29) is 5.56 Å². The zero-order chi connectivity index (χ0) is 9.14. The summed E-state index contributed by atoms with van der Waals surface area (Å²) in [7, 11) is 0. The Morgan fingerprint density at radius 2 is 2.25 bits per heavy atom. The highest BCUT2D eigenvalue weighted by atomic mass is 16.1. The third kappa shape index (κ3) is 1.42. The minimum Gasteiger partial charge on any atom is -0.336 e. The molecule has 1 heterocycles. The van der Waals surface area contributed by atoms with Gasteiger partial charge in [0, 0.05) is 12.3 Å². The zero-order valence-corrected chi connectivity index (χ0v) is 6.56. The standard InChI is InChI=1S/C6H9N5O/c1-4-3-11(8)6(12)2-5(4)9-10-7/h2-3H,8H2,1H3,(H2,7,9). The summed E-state index contributed by atoms with van der Waals surface area (Å²) in [6.45, 7) is 1.76. The van der Waals surface area contributed by atoms with Crippen molar-refractivity contribution in [2.24, 2.45) is 16.2 Å². The Labute approximate surface area is 68.5 Å². The molecule has 0 amide bonds. The van der Waals surface area contributed by atoms with Crippen LogP contribution >= 0.6 is 0 Å². The van der Waals surface area contributed by atoms with Crippen LogP contribution in [0.3, 0.4) is 0 Å². The van der Waals surface area contributed by atoms with Gasteiger partial charge in [0.2, 0.25) is 0 Å². The van der Waals surface area contributed by atoms with Gasteiger partial charge < -0.3 is 11.7 Å². The van der Waals surface area contributed by atoms with Crippen molar-refractivity contribution in [1.82, 2.24) is 4.68 Å². The van der Waals surface area contributed by atoms with E-state index in [1.807, 2.05) is 0 Å². The maximum absolute atomic E-state index is 11.0. The highest BCUT2D eigenvalue weighted by molar-refractivity contribution is 5.42. The molecule has 64 valence electrons. The molecule has 1 rings (SSSR count). The van der Waals surface area contributed by atoms with Crippen LogP contribution in [0.5, 0.6) is 0 Å². The number of hydrogen-bond donors (Lipinski definition) is 2. The first kappa shape index (κ1) is 8.25. The van der Waals surface area contributed by atoms with Crippen LogP contribution in [0, 0.1) is 6.92 Å². The molecule has 4 N–H and O–H groups in total. The number of pyridine rings is 1. The summed E-state index contributed by atoms with van der Waals surface area (Å²) in [4.78, 5) is 11.0. The van der Waals surface area contributed by atoms with E-state index in [4.69, 9.17) is 11.7 Å². The fourth-order valence-electron chi connectivity index (χ4n) is 0.814. The van der Waals surface area contributed by atoms with Crippen LogP contribution in [0.1, 0.15) is 5.56 Å². The number of nitrogens with zero attached hydrogens (tertiary/aromatic N) is 3. The quantitative estimate of drug-likeness (QED) is 0.345. The Balaban J connectivity index is 3.33. The van der Waals surface area contributed by atoms with E-state index in [1.54, 1.807) is 6.92 Å². The van der Waals surface area contributed by atoms with Crippen LogP contribution in [-0.2, 0) is 0 Å². The van der Waals surface area contributed by atoms with E-state index in [9.17, 15) is 4.79 Å². The van der Waals surface area contributed by atoms with Gasteiger partial charge in [-0.1, -0.05) is 5.22 Å². The largest absolute Gasteiger partial charge is 0.336 e. The van der Waals surface area contributed by atoms with E-state index >= 15 is 0 Å². The van der Waals surface area contributed by atoms with Crippen LogP contribution in [0.4, 0.5) is 5.69 Å². The van der Waals surface area contributed by atoms with E-state index in [0.717, 1.165) is 10.2 Å². The van der Waals surface area contributed by atoms with E-state index in [0.29, 0.717) is 5.69 Å². The minimum absolute atomic E-state index is 0.344. The summed E-state index contributed by atoms with van der Waals surface area (Å²) in [5.41, 5.74) is 0.832. The third-order valence-electron chi connectivity index (χ3n) is 1.42. The molecule has 0 unspecified atom stereocenters. The Hall–Kier alpha value is -1.85. The molecule has 12 heavy (non-hydrogen) atoms. The predicted octanol–water partition coefficient (Wildman–Crippen LogP) is -0.172. The molecule has 0 fully saturated rings. The Bertz CT molecular complexity index is 367. The predicted molar refractivity (Wildman–Crippen MR) is 44.3 cm³/mol. The molecule has 0 aliphatic rings. The van der Waals surface area contributed by atoms with Gasteiger partial charge in [0.1, 0.15) is 0 Å². The fraction of sp³-hybridized carbons (Fsp3) is 0.167. The van der Waals surface area contributed by atoms with E-state index < -0.39 is 0 Å². The van der Waals surface area contributed by atoms with Gasteiger partial charge in [-0.3, -0.25) is 4.79 Å².